The highest BCUT2D eigenvalue weighted by Crippen LogP contribution is 2.09. The van der Waals surface area contributed by atoms with E-state index < -0.39 is 0 Å². The maximum Gasteiger partial charge on any atom is 0.0615 e. The van der Waals surface area contributed by atoms with Gasteiger partial charge in [-0.3, -0.25) is 9.88 Å². The Morgan fingerprint density at radius 1 is 1.56 bits per heavy atom. The minimum Gasteiger partial charge on any atom is -0.388 e. The number of nitrogens with one attached hydrogen (secondary N) is 1. The van der Waals surface area contributed by atoms with Crippen LogP contribution in [0.4, 0.5) is 5.69 Å². The number of anilines is 1. The molecule has 1 aromatic rings. The SMILES string of the molecule is CNc1ccnc(CN(C)C(C)COC)c1. The highest BCUT2D eigenvalue weighted by Gasteiger charge is 2.09. The van der Waals surface area contributed by atoms with Crippen molar-refractivity contribution in [2.45, 2.75) is 19.5 Å². The molecule has 0 fully saturated rings. The van der Waals surface area contributed by atoms with Crippen LogP contribution < -0.4 is 5.32 Å². The van der Waals surface area contributed by atoms with E-state index in [0.717, 1.165) is 24.5 Å². The summed E-state index contributed by atoms with van der Waals surface area (Å²) in [5.74, 6) is 0. The van der Waals surface area contributed by atoms with Crippen LogP contribution in [0.15, 0.2) is 18.3 Å². The van der Waals surface area contributed by atoms with Crippen LogP contribution in [0, 0.1) is 0 Å². The van der Waals surface area contributed by atoms with Crippen LogP contribution in [-0.2, 0) is 11.3 Å². The van der Waals surface area contributed by atoms with Crippen molar-refractivity contribution < 1.29 is 4.74 Å². The van der Waals surface area contributed by atoms with Crippen molar-refractivity contribution in [1.29, 1.82) is 0 Å². The third-order valence-electron chi connectivity index (χ3n) is 2.68. The van der Waals surface area contributed by atoms with Crippen LogP contribution in [0.3, 0.4) is 0 Å². The quantitative estimate of drug-likeness (QED) is 0.794. The van der Waals surface area contributed by atoms with Gasteiger partial charge in [-0.05, 0) is 26.1 Å². The van der Waals surface area contributed by atoms with Gasteiger partial charge in [0.1, 0.15) is 0 Å². The molecule has 1 unspecified atom stereocenters. The molecule has 1 atom stereocenters. The molecule has 1 aromatic heterocycles. The van der Waals surface area contributed by atoms with Gasteiger partial charge in [-0.25, -0.2) is 0 Å². The number of rotatable bonds is 6. The fourth-order valence-corrected chi connectivity index (χ4v) is 1.50. The van der Waals surface area contributed by atoms with Crippen LogP contribution in [0.25, 0.3) is 0 Å². The Hall–Kier alpha value is -1.13. The Morgan fingerprint density at radius 3 is 2.94 bits per heavy atom. The second kappa shape index (κ2) is 6.45. The summed E-state index contributed by atoms with van der Waals surface area (Å²) in [5, 5.41) is 3.11. The van der Waals surface area contributed by atoms with E-state index in [0.29, 0.717) is 6.04 Å². The highest BCUT2D eigenvalue weighted by atomic mass is 16.5. The average Bonchev–Trinajstić information content (AvgIpc) is 2.29. The Labute approximate surface area is 97.6 Å². The standard InChI is InChI=1S/C12H21N3O/c1-10(9-16-4)15(3)8-12-7-11(13-2)5-6-14-12/h5-7,10H,8-9H2,1-4H3,(H,13,14). The number of nitrogens with zero attached hydrogens (tertiary/aromatic N) is 2. The maximum atomic E-state index is 5.13. The van der Waals surface area contributed by atoms with Crippen LogP contribution >= 0.6 is 0 Å². The third-order valence-corrected chi connectivity index (χ3v) is 2.68. The van der Waals surface area contributed by atoms with Gasteiger partial charge in [-0.1, -0.05) is 0 Å². The van der Waals surface area contributed by atoms with Gasteiger partial charge in [-0.2, -0.15) is 0 Å². The van der Waals surface area contributed by atoms with Gasteiger partial charge in [0.2, 0.25) is 0 Å². The molecular weight excluding hydrogens is 202 g/mol. The Bertz CT molecular complexity index is 317. The van der Waals surface area contributed by atoms with E-state index >= 15 is 0 Å². The molecule has 0 saturated carbocycles. The zero-order valence-electron chi connectivity index (χ0n) is 10.5. The third kappa shape index (κ3) is 3.79. The van der Waals surface area contributed by atoms with Crippen molar-refractivity contribution in [3.8, 4) is 0 Å². The van der Waals surface area contributed by atoms with Crippen molar-refractivity contribution in [3.05, 3.63) is 24.0 Å². The first kappa shape index (κ1) is 12.9. The molecule has 0 aliphatic carbocycles. The smallest absolute Gasteiger partial charge is 0.0615 e. The van der Waals surface area contributed by atoms with Gasteiger partial charge >= 0.3 is 0 Å². The van der Waals surface area contributed by atoms with Gasteiger partial charge in [0.15, 0.2) is 0 Å². The summed E-state index contributed by atoms with van der Waals surface area (Å²) in [4.78, 5) is 6.57. The Morgan fingerprint density at radius 2 is 2.31 bits per heavy atom. The molecule has 1 heterocycles. The van der Waals surface area contributed by atoms with Crippen LogP contribution in [0.1, 0.15) is 12.6 Å². The second-order valence-electron chi connectivity index (χ2n) is 4.01. The van der Waals surface area contributed by atoms with Crippen LogP contribution in [0.5, 0.6) is 0 Å². The Kier molecular flexibility index (Phi) is 5.22. The lowest BCUT2D eigenvalue weighted by Crippen LogP contribution is -2.32. The molecule has 0 bridgehead atoms. The monoisotopic (exact) mass is 223 g/mol. The molecule has 0 aliphatic heterocycles. The predicted molar refractivity (Wildman–Crippen MR) is 66.6 cm³/mol. The van der Waals surface area contributed by atoms with Gasteiger partial charge in [0.05, 0.1) is 12.3 Å². The molecule has 0 saturated heterocycles. The molecule has 0 radical (unpaired) electrons. The van der Waals surface area contributed by atoms with Gasteiger partial charge < -0.3 is 10.1 Å². The topological polar surface area (TPSA) is 37.4 Å². The van der Waals surface area contributed by atoms with Gasteiger partial charge in [0.25, 0.3) is 0 Å². The zero-order chi connectivity index (χ0) is 12.0. The van der Waals surface area contributed by atoms with Crippen molar-refractivity contribution in [2.75, 3.05) is 33.1 Å². The normalized spacial score (nSPS) is 12.8. The first-order chi connectivity index (χ1) is 7.67. The molecule has 0 aromatic carbocycles. The number of likely N-dealkylation sites (N-methyl/N-ethyl adjacent to an activating group) is 1. The molecule has 16 heavy (non-hydrogen) atoms. The van der Waals surface area contributed by atoms with Crippen molar-refractivity contribution >= 4 is 5.69 Å². The number of hydrogen-bond donors (Lipinski definition) is 1. The number of aromatic nitrogens is 1. The molecule has 0 spiro atoms. The summed E-state index contributed by atoms with van der Waals surface area (Å²) in [6, 6.07) is 4.42. The second-order valence-corrected chi connectivity index (χ2v) is 4.01. The van der Waals surface area contributed by atoms with Crippen LogP contribution in [0.2, 0.25) is 0 Å². The maximum absolute atomic E-state index is 5.13. The molecule has 0 aliphatic rings. The first-order valence-electron chi connectivity index (χ1n) is 5.49. The summed E-state index contributed by atoms with van der Waals surface area (Å²) in [7, 11) is 5.72. The largest absolute Gasteiger partial charge is 0.388 e. The number of pyridine rings is 1. The van der Waals surface area contributed by atoms with E-state index in [4.69, 9.17) is 4.74 Å². The van der Waals surface area contributed by atoms with E-state index in [-0.39, 0.29) is 0 Å². The van der Waals surface area contributed by atoms with E-state index in [1.807, 2.05) is 19.3 Å². The van der Waals surface area contributed by atoms with E-state index in [2.05, 4.69) is 35.2 Å². The van der Waals surface area contributed by atoms with Gasteiger partial charge in [0, 0.05) is 38.6 Å². The summed E-state index contributed by atoms with van der Waals surface area (Å²) in [6.07, 6.45) is 1.83. The predicted octanol–water partition coefficient (Wildman–Crippen LogP) is 1.59. The number of hydrogen-bond acceptors (Lipinski definition) is 4. The highest BCUT2D eigenvalue weighted by molar-refractivity contribution is 5.42. The molecule has 1 N–H and O–H groups in total. The summed E-state index contributed by atoms with van der Waals surface area (Å²) < 4.78 is 5.13. The molecule has 4 heteroatoms. The zero-order valence-corrected chi connectivity index (χ0v) is 10.5. The lowest BCUT2D eigenvalue weighted by atomic mass is 10.2. The average molecular weight is 223 g/mol. The van der Waals surface area contributed by atoms with Crippen molar-refractivity contribution in [1.82, 2.24) is 9.88 Å². The summed E-state index contributed by atoms with van der Waals surface area (Å²) in [5.41, 5.74) is 2.16. The van der Waals surface area contributed by atoms with Crippen molar-refractivity contribution in [3.63, 3.8) is 0 Å². The molecule has 4 nitrogen and oxygen atoms in total. The fraction of sp³-hybridized carbons (Fsp3) is 0.583. The lowest BCUT2D eigenvalue weighted by Gasteiger charge is -2.23. The van der Waals surface area contributed by atoms with E-state index in [1.165, 1.54) is 0 Å². The van der Waals surface area contributed by atoms with Crippen molar-refractivity contribution in [2.24, 2.45) is 0 Å². The minimum absolute atomic E-state index is 0.394. The number of methoxy groups -OCH3 is 1. The minimum atomic E-state index is 0.394. The number of ether oxygens (including phenoxy) is 1. The van der Waals surface area contributed by atoms with Crippen LogP contribution in [-0.4, -0.2) is 43.7 Å². The molecule has 90 valence electrons. The molecule has 0 amide bonds. The molecular formula is C12H21N3O. The first-order valence-corrected chi connectivity index (χ1v) is 5.49. The van der Waals surface area contributed by atoms with E-state index in [1.54, 1.807) is 7.11 Å². The van der Waals surface area contributed by atoms with Gasteiger partial charge in [-0.15, -0.1) is 0 Å². The van der Waals surface area contributed by atoms with E-state index in [9.17, 15) is 0 Å². The summed E-state index contributed by atoms with van der Waals surface area (Å²) >= 11 is 0. The summed E-state index contributed by atoms with van der Waals surface area (Å²) in [6.45, 7) is 3.72. The Balaban J connectivity index is 2.58. The lowest BCUT2D eigenvalue weighted by molar-refractivity contribution is 0.111. The molecule has 1 rings (SSSR count). The fourth-order valence-electron chi connectivity index (χ4n) is 1.50.